The largest absolute Gasteiger partial charge is 0.493 e. The molecule has 1 aliphatic rings. The Balaban J connectivity index is 2.03. The molecule has 0 saturated carbocycles. The second-order valence-corrected chi connectivity index (χ2v) is 8.68. The lowest BCUT2D eigenvalue weighted by Gasteiger charge is -2.24. The molecule has 1 saturated heterocycles. The molecule has 1 atom stereocenters. The quantitative estimate of drug-likeness (QED) is 0.318. The Morgan fingerprint density at radius 1 is 0.875 bits per heavy atom. The van der Waals surface area contributed by atoms with Gasteiger partial charge < -0.3 is 18.9 Å². The van der Waals surface area contributed by atoms with E-state index in [2.05, 4.69) is 38.1 Å². The van der Waals surface area contributed by atoms with Crippen LogP contribution in [-0.2, 0) is 6.54 Å². The Bertz CT molecular complexity index is 1180. The number of likely N-dealkylation sites (tertiary alicyclic amines) is 1. The van der Waals surface area contributed by atoms with Gasteiger partial charge in [-0.25, -0.2) is 0 Å². The highest BCUT2D eigenvalue weighted by Crippen LogP contribution is 2.45. The predicted molar refractivity (Wildman–Crippen MR) is 133 cm³/mol. The van der Waals surface area contributed by atoms with E-state index in [1.165, 1.54) is 12.0 Å². The molecule has 0 bridgehead atoms. The average Bonchev–Trinajstić information content (AvgIpc) is 3.26. The first-order valence-electron chi connectivity index (χ1n) is 10.6. The first kappa shape index (κ1) is 22.7. The summed E-state index contributed by atoms with van der Waals surface area (Å²) in [4.78, 5) is 6.77. The summed E-state index contributed by atoms with van der Waals surface area (Å²) >= 11 is 3.93. The zero-order valence-electron chi connectivity index (χ0n) is 19.2. The van der Waals surface area contributed by atoms with Crippen molar-refractivity contribution >= 4 is 43.7 Å². The van der Waals surface area contributed by atoms with Gasteiger partial charge in [0.2, 0.25) is 0 Å². The van der Waals surface area contributed by atoms with Gasteiger partial charge in [-0.2, -0.15) is 0 Å². The van der Waals surface area contributed by atoms with Crippen molar-refractivity contribution in [2.75, 3.05) is 42.0 Å². The molecule has 1 heterocycles. The molecule has 4 rings (SSSR count). The van der Waals surface area contributed by atoms with Crippen LogP contribution in [0.1, 0.15) is 18.4 Å². The van der Waals surface area contributed by atoms with Crippen LogP contribution in [0.5, 0.6) is 23.0 Å². The average molecular weight is 501 g/mol. The number of fused-ring (bicyclic) bond motifs is 3. The third-order valence-electron chi connectivity index (χ3n) is 6.26. The first-order valence-corrected chi connectivity index (χ1v) is 11.4. The van der Waals surface area contributed by atoms with Crippen molar-refractivity contribution in [1.29, 1.82) is 0 Å². The fourth-order valence-electron chi connectivity index (χ4n) is 4.66. The van der Waals surface area contributed by atoms with Gasteiger partial charge in [0.05, 0.1) is 28.4 Å². The van der Waals surface area contributed by atoms with Crippen molar-refractivity contribution in [2.24, 2.45) is 4.99 Å². The molecule has 1 unspecified atom stereocenters. The van der Waals surface area contributed by atoms with Crippen LogP contribution in [-0.4, -0.2) is 59.2 Å². The van der Waals surface area contributed by atoms with Gasteiger partial charge >= 0.3 is 0 Å². The van der Waals surface area contributed by atoms with Gasteiger partial charge in [0, 0.05) is 35.7 Å². The van der Waals surface area contributed by atoms with Crippen molar-refractivity contribution in [1.82, 2.24) is 4.90 Å². The third kappa shape index (κ3) is 3.88. The Hall–Kier alpha value is -2.51. The lowest BCUT2D eigenvalue weighted by molar-refractivity contribution is 0.298. The normalized spacial score (nSPS) is 16.9. The molecule has 0 radical (unpaired) electrons. The molecule has 0 aliphatic carbocycles. The summed E-state index contributed by atoms with van der Waals surface area (Å²) in [5.74, 6) is 2.79. The lowest BCUT2D eigenvalue weighted by Crippen LogP contribution is -2.30. The van der Waals surface area contributed by atoms with E-state index < -0.39 is 0 Å². The maximum atomic E-state index is 5.64. The van der Waals surface area contributed by atoms with Crippen molar-refractivity contribution in [3.63, 3.8) is 0 Å². The van der Waals surface area contributed by atoms with Gasteiger partial charge in [0.1, 0.15) is 0 Å². The van der Waals surface area contributed by atoms with Crippen molar-refractivity contribution < 1.29 is 18.9 Å². The fraction of sp³-hybridized carbons (Fsp3) is 0.400. The summed E-state index contributed by atoms with van der Waals surface area (Å²) in [6.45, 7) is 1.84. The molecule has 3 aromatic carbocycles. The number of halogens is 1. The highest BCUT2D eigenvalue weighted by molar-refractivity contribution is 9.10. The van der Waals surface area contributed by atoms with E-state index in [1.54, 1.807) is 28.4 Å². The van der Waals surface area contributed by atoms with Gasteiger partial charge in [-0.3, -0.25) is 9.89 Å². The van der Waals surface area contributed by atoms with Gasteiger partial charge in [-0.15, -0.1) is 0 Å². The van der Waals surface area contributed by atoms with E-state index >= 15 is 0 Å². The van der Waals surface area contributed by atoms with Gasteiger partial charge in [-0.05, 0) is 81.3 Å². The summed E-state index contributed by atoms with van der Waals surface area (Å²) in [7, 11) is 8.48. The monoisotopic (exact) mass is 500 g/mol. The number of hydrogen-bond acceptors (Lipinski definition) is 6. The smallest absolute Gasteiger partial charge is 0.161 e. The second kappa shape index (κ2) is 9.55. The number of aliphatic imine (C=N–C) groups is 1. The maximum absolute atomic E-state index is 5.64. The van der Waals surface area contributed by atoms with Crippen LogP contribution in [0.3, 0.4) is 0 Å². The number of rotatable bonds is 7. The Labute approximate surface area is 197 Å². The third-order valence-corrected chi connectivity index (χ3v) is 7.17. The minimum atomic E-state index is 0.350. The number of nitrogens with zero attached hydrogens (tertiary/aromatic N) is 2. The van der Waals surface area contributed by atoms with Crippen LogP contribution in [0.25, 0.3) is 21.5 Å². The Kier molecular flexibility index (Phi) is 6.76. The summed E-state index contributed by atoms with van der Waals surface area (Å²) in [6.07, 6.45) is 4.35. The molecular formula is C25H29BrN2O4. The molecule has 3 aromatic rings. The van der Waals surface area contributed by atoms with E-state index in [4.69, 9.17) is 18.9 Å². The summed E-state index contributed by atoms with van der Waals surface area (Å²) in [5.41, 5.74) is 1.21. The minimum absolute atomic E-state index is 0.350. The van der Waals surface area contributed by atoms with Gasteiger partial charge in [-0.1, -0.05) is 0 Å². The van der Waals surface area contributed by atoms with Crippen LogP contribution >= 0.6 is 15.9 Å². The van der Waals surface area contributed by atoms with Crippen molar-refractivity contribution in [3.05, 3.63) is 34.3 Å². The van der Waals surface area contributed by atoms with Crippen LogP contribution in [0.2, 0.25) is 0 Å². The standard InChI is InChI=1S/C25H29BrN2O4/c1-27-13-15-7-6-8-28(15)14-20-18-11-23(31-4)21(29-2)9-16(18)17-10-22(30-3)24(32-5)12-19(17)25(20)26/h9-13,15H,6-8,14H2,1-5H3. The fourth-order valence-corrected chi connectivity index (χ4v) is 5.33. The number of methoxy groups -OCH3 is 4. The summed E-state index contributed by atoms with van der Waals surface area (Å²) in [5, 5.41) is 4.32. The van der Waals surface area contributed by atoms with Crippen LogP contribution in [0.4, 0.5) is 0 Å². The summed E-state index contributed by atoms with van der Waals surface area (Å²) < 4.78 is 23.5. The molecule has 7 heteroatoms. The Morgan fingerprint density at radius 3 is 1.91 bits per heavy atom. The topological polar surface area (TPSA) is 52.5 Å². The van der Waals surface area contributed by atoms with Crippen molar-refractivity contribution in [3.8, 4) is 23.0 Å². The zero-order chi connectivity index (χ0) is 22.8. The minimum Gasteiger partial charge on any atom is -0.493 e. The molecule has 32 heavy (non-hydrogen) atoms. The molecule has 0 spiro atoms. The Morgan fingerprint density at radius 2 is 1.38 bits per heavy atom. The molecular weight excluding hydrogens is 472 g/mol. The molecule has 0 N–H and O–H groups in total. The first-order chi connectivity index (χ1) is 15.6. The van der Waals surface area contributed by atoms with Crippen LogP contribution in [0, 0.1) is 0 Å². The molecule has 0 aromatic heterocycles. The zero-order valence-corrected chi connectivity index (χ0v) is 20.8. The molecule has 170 valence electrons. The molecule has 1 aliphatic heterocycles. The highest BCUT2D eigenvalue weighted by atomic mass is 79.9. The van der Waals surface area contributed by atoms with Gasteiger partial charge in [0.15, 0.2) is 23.0 Å². The molecule has 6 nitrogen and oxygen atoms in total. The van der Waals surface area contributed by atoms with E-state index in [0.29, 0.717) is 29.0 Å². The molecule has 0 amide bonds. The van der Waals surface area contributed by atoms with E-state index in [0.717, 1.165) is 45.5 Å². The molecule has 1 fully saturated rings. The second-order valence-electron chi connectivity index (χ2n) is 7.89. The van der Waals surface area contributed by atoms with Crippen molar-refractivity contribution in [2.45, 2.75) is 25.4 Å². The van der Waals surface area contributed by atoms with Crippen LogP contribution < -0.4 is 18.9 Å². The predicted octanol–water partition coefficient (Wildman–Crippen LogP) is 5.45. The lowest BCUT2D eigenvalue weighted by atomic mass is 9.95. The summed E-state index contributed by atoms with van der Waals surface area (Å²) in [6, 6.07) is 8.53. The number of ether oxygens (including phenoxy) is 4. The van der Waals surface area contributed by atoms with Crippen LogP contribution in [0.15, 0.2) is 33.7 Å². The SMILES string of the molecule is CN=CC1CCCN1Cc1c(Br)c2cc(OC)c(OC)cc2c2cc(OC)c(OC)cc12. The highest BCUT2D eigenvalue weighted by Gasteiger charge is 2.26. The number of benzene rings is 3. The van der Waals surface area contributed by atoms with E-state index in [1.807, 2.05) is 25.2 Å². The maximum Gasteiger partial charge on any atom is 0.161 e. The van der Waals surface area contributed by atoms with Gasteiger partial charge in [0.25, 0.3) is 0 Å². The number of hydrogen-bond donors (Lipinski definition) is 0. The van der Waals surface area contributed by atoms with E-state index in [-0.39, 0.29) is 0 Å². The van der Waals surface area contributed by atoms with E-state index in [9.17, 15) is 0 Å².